The number of aromatic nitrogens is 2. The number of carbonyl (C=O) groups excluding carboxylic acids is 1. The second-order valence-electron chi connectivity index (χ2n) is 5.93. The van der Waals surface area contributed by atoms with Crippen LogP contribution >= 0.6 is 24.0 Å². The number of para-hydroxylation sites is 2. The van der Waals surface area contributed by atoms with Gasteiger partial charge in [-0.1, -0.05) is 48.2 Å². The number of benzene rings is 2. The number of amides is 1. The fourth-order valence-corrected chi connectivity index (χ4v) is 3.90. The van der Waals surface area contributed by atoms with Crippen molar-refractivity contribution < 1.29 is 9.90 Å². The van der Waals surface area contributed by atoms with E-state index in [0.717, 1.165) is 11.8 Å². The summed E-state index contributed by atoms with van der Waals surface area (Å²) in [6.45, 7) is 0. The van der Waals surface area contributed by atoms with Crippen molar-refractivity contribution in [3.8, 4) is 5.75 Å². The SMILES string of the molecule is O=C1/C(=C\c2cccc(O)c2)SC(=S)N1/C=C/c1nc2ccccc2[nH]c1=O. The van der Waals surface area contributed by atoms with Gasteiger partial charge in [0.1, 0.15) is 11.4 Å². The fourth-order valence-electron chi connectivity index (χ4n) is 2.68. The van der Waals surface area contributed by atoms with E-state index in [2.05, 4.69) is 9.97 Å². The van der Waals surface area contributed by atoms with Crippen LogP contribution in [0.3, 0.4) is 0 Å². The zero-order valence-electron chi connectivity index (χ0n) is 14.3. The molecule has 28 heavy (non-hydrogen) atoms. The molecule has 2 aromatic carbocycles. The summed E-state index contributed by atoms with van der Waals surface area (Å²) in [5.41, 5.74) is 1.82. The molecule has 0 saturated carbocycles. The first kappa shape index (κ1) is 18.1. The maximum absolute atomic E-state index is 12.7. The first-order chi connectivity index (χ1) is 13.5. The molecular formula is C20H13N3O3S2. The number of hydrogen-bond acceptors (Lipinski definition) is 6. The summed E-state index contributed by atoms with van der Waals surface area (Å²) >= 11 is 6.44. The Morgan fingerprint density at radius 1 is 1.14 bits per heavy atom. The Hall–Kier alpha value is -3.23. The summed E-state index contributed by atoms with van der Waals surface area (Å²) in [4.78, 5) is 33.7. The lowest BCUT2D eigenvalue weighted by molar-refractivity contribution is -0.120. The van der Waals surface area contributed by atoms with E-state index in [0.29, 0.717) is 25.8 Å². The van der Waals surface area contributed by atoms with Gasteiger partial charge in [0.05, 0.1) is 15.9 Å². The first-order valence-corrected chi connectivity index (χ1v) is 9.47. The van der Waals surface area contributed by atoms with Crippen LogP contribution in [-0.2, 0) is 4.79 Å². The molecule has 1 fully saturated rings. The smallest absolute Gasteiger partial charge is 0.274 e. The van der Waals surface area contributed by atoms with Gasteiger partial charge in [-0.3, -0.25) is 14.5 Å². The predicted molar refractivity (Wildman–Crippen MR) is 115 cm³/mol. The number of H-pyrrole nitrogens is 1. The molecule has 0 radical (unpaired) electrons. The fraction of sp³-hybridized carbons (Fsp3) is 0. The van der Waals surface area contributed by atoms with Gasteiger partial charge in [-0.25, -0.2) is 4.98 Å². The monoisotopic (exact) mass is 407 g/mol. The molecule has 0 bridgehead atoms. The molecular weight excluding hydrogens is 394 g/mol. The number of fused-ring (bicyclic) bond motifs is 1. The highest BCUT2D eigenvalue weighted by atomic mass is 32.2. The van der Waals surface area contributed by atoms with E-state index in [1.807, 2.05) is 12.1 Å². The molecule has 0 unspecified atom stereocenters. The predicted octanol–water partition coefficient (Wildman–Crippen LogP) is 3.50. The molecule has 4 rings (SSSR count). The van der Waals surface area contributed by atoms with Crippen LogP contribution in [0, 0.1) is 0 Å². The molecule has 1 amide bonds. The maximum Gasteiger partial charge on any atom is 0.274 e. The minimum Gasteiger partial charge on any atom is -0.508 e. The number of aromatic amines is 1. The first-order valence-electron chi connectivity index (χ1n) is 8.24. The Kier molecular flexibility index (Phi) is 4.81. The number of carbonyl (C=O) groups is 1. The lowest BCUT2D eigenvalue weighted by Gasteiger charge is -2.07. The molecule has 0 atom stereocenters. The molecule has 6 nitrogen and oxygen atoms in total. The van der Waals surface area contributed by atoms with Gasteiger partial charge in [0.15, 0.2) is 4.32 Å². The Morgan fingerprint density at radius 2 is 1.96 bits per heavy atom. The normalized spacial score (nSPS) is 16.0. The van der Waals surface area contributed by atoms with Gasteiger partial charge < -0.3 is 10.1 Å². The van der Waals surface area contributed by atoms with Crippen LogP contribution in [0.25, 0.3) is 23.2 Å². The molecule has 3 aromatic rings. The van der Waals surface area contributed by atoms with Gasteiger partial charge >= 0.3 is 0 Å². The minimum atomic E-state index is -0.351. The molecule has 2 N–H and O–H groups in total. The van der Waals surface area contributed by atoms with E-state index in [1.54, 1.807) is 42.5 Å². The lowest BCUT2D eigenvalue weighted by Crippen LogP contribution is -2.22. The van der Waals surface area contributed by atoms with Gasteiger partial charge in [0.25, 0.3) is 11.5 Å². The highest BCUT2D eigenvalue weighted by Crippen LogP contribution is 2.33. The standard InChI is InChI=1S/C20H13N3O3S2/c24-13-5-3-4-12(10-13)11-17-19(26)23(20(27)28-17)9-8-16-18(25)22-15-7-2-1-6-14(15)21-16/h1-11,24H,(H,22,25)/b9-8+,17-11+. The third-order valence-electron chi connectivity index (χ3n) is 4.00. The van der Waals surface area contributed by atoms with Crippen molar-refractivity contribution in [1.82, 2.24) is 14.9 Å². The third kappa shape index (κ3) is 3.60. The van der Waals surface area contributed by atoms with E-state index in [4.69, 9.17) is 12.2 Å². The zero-order chi connectivity index (χ0) is 19.7. The molecule has 1 aromatic heterocycles. The Bertz CT molecular complexity index is 1230. The van der Waals surface area contributed by atoms with Crippen LogP contribution in [0.2, 0.25) is 0 Å². The summed E-state index contributed by atoms with van der Waals surface area (Å²) in [7, 11) is 0. The van der Waals surface area contributed by atoms with Crippen molar-refractivity contribution in [3.63, 3.8) is 0 Å². The number of thiocarbonyl (C=S) groups is 1. The quantitative estimate of drug-likeness (QED) is 0.511. The molecule has 1 aliphatic rings. The summed E-state index contributed by atoms with van der Waals surface area (Å²) in [6, 6.07) is 13.8. The van der Waals surface area contributed by atoms with Gasteiger partial charge in [0, 0.05) is 6.20 Å². The molecule has 8 heteroatoms. The summed E-state index contributed by atoms with van der Waals surface area (Å²) < 4.78 is 0.352. The van der Waals surface area contributed by atoms with Gasteiger partial charge in [-0.15, -0.1) is 0 Å². The molecule has 138 valence electrons. The van der Waals surface area contributed by atoms with Crippen LogP contribution in [0.5, 0.6) is 5.75 Å². The Labute approximate surface area is 169 Å². The second-order valence-corrected chi connectivity index (χ2v) is 7.61. The number of hydrogen-bond donors (Lipinski definition) is 2. The van der Waals surface area contributed by atoms with Crippen LogP contribution in [0.15, 0.2) is 64.4 Å². The number of rotatable bonds is 3. The lowest BCUT2D eigenvalue weighted by atomic mass is 10.2. The van der Waals surface area contributed by atoms with Gasteiger partial charge in [0.2, 0.25) is 0 Å². The average molecular weight is 407 g/mol. The van der Waals surface area contributed by atoms with Crippen LogP contribution in [0.4, 0.5) is 0 Å². The summed E-state index contributed by atoms with van der Waals surface area (Å²) in [5, 5.41) is 9.56. The molecule has 0 spiro atoms. The van der Waals surface area contributed by atoms with E-state index in [9.17, 15) is 14.7 Å². The molecule has 2 heterocycles. The Morgan fingerprint density at radius 3 is 2.79 bits per heavy atom. The van der Waals surface area contributed by atoms with E-state index in [1.165, 1.54) is 17.2 Å². The zero-order valence-corrected chi connectivity index (χ0v) is 16.0. The van der Waals surface area contributed by atoms with Crippen molar-refractivity contribution >= 4 is 57.4 Å². The second kappa shape index (κ2) is 7.41. The number of nitrogens with one attached hydrogen (secondary N) is 1. The van der Waals surface area contributed by atoms with Crippen molar-refractivity contribution in [2.24, 2.45) is 0 Å². The number of aromatic hydroxyl groups is 1. The topological polar surface area (TPSA) is 86.3 Å². The van der Waals surface area contributed by atoms with Crippen molar-refractivity contribution in [2.45, 2.75) is 0 Å². The van der Waals surface area contributed by atoms with Crippen LogP contribution < -0.4 is 5.56 Å². The highest BCUT2D eigenvalue weighted by molar-refractivity contribution is 8.26. The largest absolute Gasteiger partial charge is 0.508 e. The van der Waals surface area contributed by atoms with Crippen molar-refractivity contribution in [1.29, 1.82) is 0 Å². The summed E-state index contributed by atoms with van der Waals surface area (Å²) in [5.74, 6) is -0.183. The number of phenols is 1. The maximum atomic E-state index is 12.7. The summed E-state index contributed by atoms with van der Waals surface area (Å²) in [6.07, 6.45) is 4.58. The average Bonchev–Trinajstić information content (AvgIpc) is 2.93. The van der Waals surface area contributed by atoms with E-state index < -0.39 is 0 Å². The van der Waals surface area contributed by atoms with Crippen molar-refractivity contribution in [3.05, 3.63) is 81.2 Å². The van der Waals surface area contributed by atoms with Crippen LogP contribution in [0.1, 0.15) is 11.3 Å². The number of phenolic OH excluding ortho intramolecular Hbond substituents is 1. The van der Waals surface area contributed by atoms with Gasteiger partial charge in [-0.05, 0) is 42.0 Å². The third-order valence-corrected chi connectivity index (χ3v) is 5.33. The van der Waals surface area contributed by atoms with E-state index >= 15 is 0 Å². The highest BCUT2D eigenvalue weighted by Gasteiger charge is 2.30. The van der Waals surface area contributed by atoms with Gasteiger partial charge in [-0.2, -0.15) is 0 Å². The molecule has 1 saturated heterocycles. The number of thioether (sulfide) groups is 1. The molecule has 1 aliphatic heterocycles. The number of nitrogens with zero attached hydrogens (tertiary/aromatic N) is 2. The Balaban J connectivity index is 1.62. The van der Waals surface area contributed by atoms with Crippen LogP contribution in [-0.4, -0.2) is 30.2 Å². The minimum absolute atomic E-state index is 0.116. The van der Waals surface area contributed by atoms with E-state index in [-0.39, 0.29) is 22.9 Å². The van der Waals surface area contributed by atoms with Crippen molar-refractivity contribution in [2.75, 3.05) is 0 Å². The molecule has 0 aliphatic carbocycles.